The van der Waals surface area contributed by atoms with Gasteiger partial charge in [-0.3, -0.25) is 0 Å². The molecule has 0 saturated carbocycles. The molecule has 0 bridgehead atoms. The van der Waals surface area contributed by atoms with Crippen molar-refractivity contribution in [2.45, 2.75) is 0 Å². The number of benzene rings is 1. The zero-order chi connectivity index (χ0) is 14.5. The van der Waals surface area contributed by atoms with E-state index in [9.17, 15) is 9.90 Å². The van der Waals surface area contributed by atoms with Gasteiger partial charge in [0, 0.05) is 6.07 Å². The van der Waals surface area contributed by atoms with Crippen LogP contribution in [0.3, 0.4) is 0 Å². The van der Waals surface area contributed by atoms with Gasteiger partial charge in [0.25, 0.3) is 0 Å². The molecule has 5 heteroatoms. The van der Waals surface area contributed by atoms with Gasteiger partial charge in [0.2, 0.25) is 0 Å². The molecule has 2 aromatic rings. The van der Waals surface area contributed by atoms with E-state index >= 15 is 0 Å². The van der Waals surface area contributed by atoms with Crippen LogP contribution in [0.25, 0.3) is 12.2 Å². The molecule has 0 amide bonds. The molecule has 0 atom stereocenters. The Labute approximate surface area is 115 Å². The quantitative estimate of drug-likeness (QED) is 0.927. The lowest BCUT2D eigenvalue weighted by Gasteiger charge is -2.03. The molecule has 5 nitrogen and oxygen atoms in total. The highest BCUT2D eigenvalue weighted by Crippen LogP contribution is 2.27. The van der Waals surface area contributed by atoms with Gasteiger partial charge < -0.3 is 19.0 Å². The van der Waals surface area contributed by atoms with Crippen LogP contribution >= 0.6 is 0 Å². The minimum absolute atomic E-state index is 0.0672. The molecule has 104 valence electrons. The van der Waals surface area contributed by atoms with Gasteiger partial charge in [-0.2, -0.15) is 0 Å². The molecule has 1 N–H and O–H groups in total. The number of hydrogen-bond donors (Lipinski definition) is 1. The van der Waals surface area contributed by atoms with Crippen LogP contribution in [-0.4, -0.2) is 19.3 Å². The Kier molecular flexibility index (Phi) is 4.10. The highest BCUT2D eigenvalue weighted by molar-refractivity contribution is 5.69. The molecule has 2 rings (SSSR count). The summed E-state index contributed by atoms with van der Waals surface area (Å²) >= 11 is 0. The number of phenolic OH excluding ortho intramolecular Hbond substituents is 1. The van der Waals surface area contributed by atoms with Gasteiger partial charge in [-0.1, -0.05) is 12.1 Å². The normalized spacial score (nSPS) is 10.7. The monoisotopic (exact) mass is 274 g/mol. The Bertz CT molecular complexity index is 685. The van der Waals surface area contributed by atoms with E-state index in [1.54, 1.807) is 30.4 Å². The predicted molar refractivity (Wildman–Crippen MR) is 75.1 cm³/mol. The van der Waals surface area contributed by atoms with Gasteiger partial charge in [-0.15, -0.1) is 0 Å². The Morgan fingerprint density at radius 1 is 1.10 bits per heavy atom. The number of rotatable bonds is 4. The molecule has 0 aliphatic rings. The second-order valence-electron chi connectivity index (χ2n) is 3.98. The molecule has 1 aromatic carbocycles. The molecule has 0 unspecified atom stereocenters. The molecule has 20 heavy (non-hydrogen) atoms. The number of aromatic hydroxyl groups is 1. The largest absolute Gasteiger partial charge is 0.504 e. The fraction of sp³-hybridized carbons (Fsp3) is 0.133. The maximum absolute atomic E-state index is 11.3. The lowest BCUT2D eigenvalue weighted by atomic mass is 10.2. The van der Waals surface area contributed by atoms with Crippen molar-refractivity contribution < 1.29 is 19.0 Å². The minimum Gasteiger partial charge on any atom is -0.504 e. The van der Waals surface area contributed by atoms with Crippen molar-refractivity contribution in [1.29, 1.82) is 0 Å². The SMILES string of the molecule is COc1cc(/C=C/c2ccc(O)c(OC)c2)oc(=O)c1. The fourth-order valence-corrected chi connectivity index (χ4v) is 1.65. The van der Waals surface area contributed by atoms with Gasteiger partial charge >= 0.3 is 5.63 Å². The zero-order valence-corrected chi connectivity index (χ0v) is 11.1. The number of hydrogen-bond acceptors (Lipinski definition) is 5. The van der Waals surface area contributed by atoms with E-state index in [2.05, 4.69) is 0 Å². The van der Waals surface area contributed by atoms with E-state index in [-0.39, 0.29) is 5.75 Å². The van der Waals surface area contributed by atoms with Crippen molar-refractivity contribution in [2.24, 2.45) is 0 Å². The first-order valence-electron chi connectivity index (χ1n) is 5.86. The van der Waals surface area contributed by atoms with Crippen LogP contribution in [0.2, 0.25) is 0 Å². The average molecular weight is 274 g/mol. The summed E-state index contributed by atoms with van der Waals surface area (Å²) in [6.07, 6.45) is 3.37. The van der Waals surface area contributed by atoms with Crippen molar-refractivity contribution in [3.63, 3.8) is 0 Å². The Balaban J connectivity index is 2.29. The molecule has 1 heterocycles. The van der Waals surface area contributed by atoms with E-state index in [1.807, 2.05) is 0 Å². The summed E-state index contributed by atoms with van der Waals surface area (Å²) in [6, 6.07) is 7.79. The fourth-order valence-electron chi connectivity index (χ4n) is 1.65. The average Bonchev–Trinajstić information content (AvgIpc) is 2.45. The summed E-state index contributed by atoms with van der Waals surface area (Å²) in [5.41, 5.74) is 0.317. The van der Waals surface area contributed by atoms with Gasteiger partial charge in [-0.25, -0.2) is 4.79 Å². The molecule has 0 saturated heterocycles. The van der Waals surface area contributed by atoms with Gasteiger partial charge in [0.05, 0.1) is 20.3 Å². The van der Waals surface area contributed by atoms with Gasteiger partial charge in [0.15, 0.2) is 11.5 Å². The molecule has 0 aliphatic heterocycles. The summed E-state index contributed by atoms with van der Waals surface area (Å²) in [5.74, 6) is 1.25. The number of ether oxygens (including phenoxy) is 2. The number of methoxy groups -OCH3 is 2. The first-order chi connectivity index (χ1) is 9.62. The smallest absolute Gasteiger partial charge is 0.339 e. The second kappa shape index (κ2) is 5.97. The Morgan fingerprint density at radius 2 is 1.90 bits per heavy atom. The first-order valence-corrected chi connectivity index (χ1v) is 5.86. The first kappa shape index (κ1) is 13.7. The summed E-state index contributed by atoms with van der Waals surface area (Å²) < 4.78 is 15.0. The van der Waals surface area contributed by atoms with Crippen LogP contribution in [0.5, 0.6) is 17.2 Å². The zero-order valence-electron chi connectivity index (χ0n) is 11.1. The van der Waals surface area contributed by atoms with Crippen molar-refractivity contribution >= 4 is 12.2 Å². The second-order valence-corrected chi connectivity index (χ2v) is 3.98. The van der Waals surface area contributed by atoms with Gasteiger partial charge in [-0.05, 0) is 23.8 Å². The molecule has 0 spiro atoms. The summed E-state index contributed by atoms with van der Waals surface area (Å²) in [5, 5.41) is 9.50. The van der Waals surface area contributed by atoms with E-state index in [1.165, 1.54) is 26.4 Å². The lowest BCUT2D eigenvalue weighted by Crippen LogP contribution is -1.98. The third-order valence-electron chi connectivity index (χ3n) is 2.64. The molecule has 0 fully saturated rings. The van der Waals surface area contributed by atoms with E-state index in [4.69, 9.17) is 13.9 Å². The lowest BCUT2D eigenvalue weighted by molar-refractivity contribution is 0.373. The van der Waals surface area contributed by atoms with Crippen LogP contribution in [0.4, 0.5) is 0 Å². The third-order valence-corrected chi connectivity index (χ3v) is 2.64. The van der Waals surface area contributed by atoms with Crippen molar-refractivity contribution in [2.75, 3.05) is 14.2 Å². The summed E-state index contributed by atoms with van der Waals surface area (Å²) in [4.78, 5) is 11.3. The minimum atomic E-state index is -0.479. The van der Waals surface area contributed by atoms with Crippen molar-refractivity contribution in [3.8, 4) is 17.2 Å². The van der Waals surface area contributed by atoms with Crippen LogP contribution in [0, 0.1) is 0 Å². The molecular formula is C15H14O5. The van der Waals surface area contributed by atoms with Crippen molar-refractivity contribution in [1.82, 2.24) is 0 Å². The highest BCUT2D eigenvalue weighted by Gasteiger charge is 2.02. The van der Waals surface area contributed by atoms with Crippen LogP contribution in [-0.2, 0) is 0 Å². The topological polar surface area (TPSA) is 68.9 Å². The summed E-state index contributed by atoms with van der Waals surface area (Å²) in [6.45, 7) is 0. The molecule has 1 aromatic heterocycles. The maximum atomic E-state index is 11.3. The molecule has 0 aliphatic carbocycles. The molecular weight excluding hydrogens is 260 g/mol. The maximum Gasteiger partial charge on any atom is 0.339 e. The third kappa shape index (κ3) is 3.20. The van der Waals surface area contributed by atoms with Crippen LogP contribution in [0.15, 0.2) is 39.5 Å². The highest BCUT2D eigenvalue weighted by atomic mass is 16.5. The predicted octanol–water partition coefficient (Wildman–Crippen LogP) is 2.53. The van der Waals surface area contributed by atoms with Crippen molar-refractivity contribution in [3.05, 3.63) is 52.1 Å². The Morgan fingerprint density at radius 3 is 2.60 bits per heavy atom. The number of phenols is 1. The van der Waals surface area contributed by atoms with Crippen LogP contribution in [0.1, 0.15) is 11.3 Å². The van der Waals surface area contributed by atoms with Crippen LogP contribution < -0.4 is 15.1 Å². The Hall–Kier alpha value is -2.69. The van der Waals surface area contributed by atoms with E-state index in [0.717, 1.165) is 5.56 Å². The standard InChI is InChI=1S/C15H14O5/c1-18-12-8-11(20-15(17)9-12)5-3-10-4-6-13(16)14(7-10)19-2/h3-9,16H,1-2H3/b5-3+. The van der Waals surface area contributed by atoms with Gasteiger partial charge in [0.1, 0.15) is 11.5 Å². The van der Waals surface area contributed by atoms with E-state index in [0.29, 0.717) is 17.3 Å². The molecule has 0 radical (unpaired) electrons. The van der Waals surface area contributed by atoms with E-state index < -0.39 is 5.63 Å². The summed E-state index contributed by atoms with van der Waals surface area (Å²) in [7, 11) is 2.96.